The van der Waals surface area contributed by atoms with Gasteiger partial charge in [0, 0.05) is 6.04 Å². The van der Waals surface area contributed by atoms with Crippen LogP contribution in [0.3, 0.4) is 0 Å². The lowest BCUT2D eigenvalue weighted by Gasteiger charge is -2.30. The first-order valence-corrected chi connectivity index (χ1v) is 6.95. The first-order chi connectivity index (χ1) is 8.76. The van der Waals surface area contributed by atoms with Crippen molar-refractivity contribution in [3.05, 3.63) is 12.2 Å². The minimum atomic E-state index is -0.286. The zero-order valence-electron chi connectivity index (χ0n) is 11.0. The molecule has 0 aromatic carbocycles. The summed E-state index contributed by atoms with van der Waals surface area (Å²) in [5, 5.41) is 11.8. The number of aliphatic hydroxyl groups excluding tert-OH is 1. The van der Waals surface area contributed by atoms with Crippen LogP contribution in [0.15, 0.2) is 12.2 Å². The fourth-order valence-electron chi connectivity index (χ4n) is 3.61. The van der Waals surface area contributed by atoms with Gasteiger partial charge >= 0.3 is 6.09 Å². The number of aliphatic hydroxyl groups is 1. The van der Waals surface area contributed by atoms with Gasteiger partial charge in [-0.2, -0.15) is 0 Å². The number of rotatable bonds is 5. The monoisotopic (exact) mass is 253 g/mol. The Morgan fingerprint density at radius 1 is 1.39 bits per heavy atom. The summed E-state index contributed by atoms with van der Waals surface area (Å²) in [7, 11) is 0. The van der Waals surface area contributed by atoms with Crippen molar-refractivity contribution in [3.8, 4) is 0 Å². The van der Waals surface area contributed by atoms with E-state index in [4.69, 9.17) is 9.84 Å². The molecule has 0 heterocycles. The van der Waals surface area contributed by atoms with Crippen LogP contribution in [-0.2, 0) is 4.74 Å². The molecule has 18 heavy (non-hydrogen) atoms. The molecular weight excluding hydrogens is 230 g/mol. The van der Waals surface area contributed by atoms with Crippen LogP contribution in [0, 0.1) is 17.8 Å². The molecule has 0 radical (unpaired) electrons. The predicted molar refractivity (Wildman–Crippen MR) is 69.1 cm³/mol. The second-order valence-electron chi connectivity index (χ2n) is 5.28. The second kappa shape index (κ2) is 6.23. The number of alkyl carbamates (subject to hydrolysis) is 1. The van der Waals surface area contributed by atoms with E-state index in [-0.39, 0.29) is 18.7 Å². The molecule has 2 rings (SSSR count). The summed E-state index contributed by atoms with van der Waals surface area (Å²) in [4.78, 5) is 11.6. The first kappa shape index (κ1) is 13.4. The van der Waals surface area contributed by atoms with Crippen LogP contribution < -0.4 is 5.32 Å². The molecule has 4 heteroatoms. The highest BCUT2D eigenvalue weighted by atomic mass is 16.5. The molecule has 2 aliphatic carbocycles. The lowest BCUT2D eigenvalue weighted by Crippen LogP contribution is -2.44. The van der Waals surface area contributed by atoms with E-state index in [0.717, 1.165) is 12.3 Å². The number of hydrogen-bond acceptors (Lipinski definition) is 3. The summed E-state index contributed by atoms with van der Waals surface area (Å²) in [6.07, 6.45) is 8.21. The molecule has 0 saturated heterocycles. The molecule has 4 atom stereocenters. The SMILES string of the molecule is CCOC(=O)N[C@H]1[C@H]2CC[C@H](C2)[C@@H]1C/C=C\CO. The molecule has 0 spiro atoms. The topological polar surface area (TPSA) is 58.6 Å². The highest BCUT2D eigenvalue weighted by Gasteiger charge is 2.47. The molecule has 4 nitrogen and oxygen atoms in total. The molecule has 2 N–H and O–H groups in total. The van der Waals surface area contributed by atoms with Gasteiger partial charge in [-0.25, -0.2) is 4.79 Å². The minimum absolute atomic E-state index is 0.0940. The maximum absolute atomic E-state index is 11.6. The normalized spacial score (nSPS) is 34.1. The summed E-state index contributed by atoms with van der Waals surface area (Å²) < 4.78 is 4.98. The van der Waals surface area contributed by atoms with Gasteiger partial charge in [0.2, 0.25) is 0 Å². The molecule has 102 valence electrons. The molecule has 2 saturated carbocycles. The number of carbonyl (C=O) groups is 1. The van der Waals surface area contributed by atoms with E-state index in [1.807, 2.05) is 13.0 Å². The number of ether oxygens (including phenoxy) is 1. The summed E-state index contributed by atoms with van der Waals surface area (Å²) in [5.74, 6) is 1.85. The van der Waals surface area contributed by atoms with Crippen molar-refractivity contribution in [2.45, 2.75) is 38.6 Å². The van der Waals surface area contributed by atoms with Crippen LogP contribution in [0.25, 0.3) is 0 Å². The first-order valence-electron chi connectivity index (χ1n) is 6.95. The molecule has 2 aliphatic rings. The van der Waals surface area contributed by atoms with Gasteiger partial charge in [-0.05, 0) is 50.4 Å². The number of carbonyl (C=O) groups excluding carboxylic acids is 1. The molecule has 0 aromatic rings. The fraction of sp³-hybridized carbons (Fsp3) is 0.786. The van der Waals surface area contributed by atoms with E-state index in [2.05, 4.69) is 5.32 Å². The fourth-order valence-corrected chi connectivity index (χ4v) is 3.61. The van der Waals surface area contributed by atoms with E-state index >= 15 is 0 Å². The number of nitrogens with one attached hydrogen (secondary N) is 1. The molecule has 2 fully saturated rings. The number of hydrogen-bond donors (Lipinski definition) is 2. The van der Waals surface area contributed by atoms with Crippen LogP contribution in [0.2, 0.25) is 0 Å². The standard InChI is InChI=1S/C14H23NO3/c1-2-18-14(17)15-13-11-7-6-10(9-11)12(13)5-3-4-8-16/h3-4,10-13,16H,2,5-9H2,1H3,(H,15,17)/b4-3-/t10-,11+,12+,13+/m1/s1. The lowest BCUT2D eigenvalue weighted by molar-refractivity contribution is 0.136. The molecule has 2 bridgehead atoms. The van der Waals surface area contributed by atoms with Gasteiger partial charge in [-0.15, -0.1) is 0 Å². The molecule has 0 unspecified atom stereocenters. The quantitative estimate of drug-likeness (QED) is 0.738. The van der Waals surface area contributed by atoms with Crippen molar-refractivity contribution in [1.29, 1.82) is 0 Å². The maximum atomic E-state index is 11.6. The Bertz CT molecular complexity index is 316. The van der Waals surface area contributed by atoms with Gasteiger partial charge in [0.25, 0.3) is 0 Å². The third kappa shape index (κ3) is 2.86. The van der Waals surface area contributed by atoms with Gasteiger partial charge in [0.15, 0.2) is 0 Å². The number of amides is 1. The molecular formula is C14H23NO3. The van der Waals surface area contributed by atoms with E-state index in [9.17, 15) is 4.79 Å². The van der Waals surface area contributed by atoms with Crippen molar-refractivity contribution in [2.24, 2.45) is 17.8 Å². The van der Waals surface area contributed by atoms with E-state index in [0.29, 0.717) is 18.4 Å². The number of allylic oxidation sites excluding steroid dienone is 1. The summed E-state index contributed by atoms with van der Waals surface area (Å²) in [6.45, 7) is 2.33. The highest BCUT2D eigenvalue weighted by Crippen LogP contribution is 2.49. The van der Waals surface area contributed by atoms with Crippen molar-refractivity contribution in [1.82, 2.24) is 5.32 Å². The Morgan fingerprint density at radius 2 is 2.17 bits per heavy atom. The lowest BCUT2D eigenvalue weighted by atomic mass is 9.82. The van der Waals surface area contributed by atoms with Gasteiger partial charge in [0.1, 0.15) is 0 Å². The predicted octanol–water partition coefficient (Wildman–Crippen LogP) is 2.09. The van der Waals surface area contributed by atoms with E-state index in [1.54, 1.807) is 6.08 Å². The van der Waals surface area contributed by atoms with Gasteiger partial charge < -0.3 is 15.2 Å². The van der Waals surface area contributed by atoms with E-state index < -0.39 is 0 Å². The Labute approximate surface area is 108 Å². The maximum Gasteiger partial charge on any atom is 0.407 e. The summed E-state index contributed by atoms with van der Waals surface area (Å²) in [6, 6.07) is 0.256. The number of fused-ring (bicyclic) bond motifs is 2. The Morgan fingerprint density at radius 3 is 2.89 bits per heavy atom. The van der Waals surface area contributed by atoms with Gasteiger partial charge in [-0.1, -0.05) is 12.2 Å². The third-order valence-corrected chi connectivity index (χ3v) is 4.33. The van der Waals surface area contributed by atoms with Gasteiger partial charge in [0.05, 0.1) is 13.2 Å². The van der Waals surface area contributed by atoms with E-state index in [1.165, 1.54) is 19.3 Å². The van der Waals surface area contributed by atoms with Crippen molar-refractivity contribution in [2.75, 3.05) is 13.2 Å². The average molecular weight is 253 g/mol. The zero-order chi connectivity index (χ0) is 13.0. The van der Waals surface area contributed by atoms with Crippen LogP contribution in [0.5, 0.6) is 0 Å². The Balaban J connectivity index is 1.93. The van der Waals surface area contributed by atoms with Gasteiger partial charge in [-0.3, -0.25) is 0 Å². The second-order valence-corrected chi connectivity index (χ2v) is 5.28. The van der Waals surface area contributed by atoms with Crippen LogP contribution >= 0.6 is 0 Å². The Hall–Kier alpha value is -1.03. The van der Waals surface area contributed by atoms with Crippen LogP contribution in [0.1, 0.15) is 32.6 Å². The van der Waals surface area contributed by atoms with Crippen molar-refractivity contribution >= 4 is 6.09 Å². The Kier molecular flexibility index (Phi) is 4.64. The third-order valence-electron chi connectivity index (χ3n) is 4.33. The largest absolute Gasteiger partial charge is 0.450 e. The zero-order valence-corrected chi connectivity index (χ0v) is 11.0. The van der Waals surface area contributed by atoms with Crippen molar-refractivity contribution < 1.29 is 14.6 Å². The highest BCUT2D eigenvalue weighted by molar-refractivity contribution is 5.67. The summed E-state index contributed by atoms with van der Waals surface area (Å²) in [5.41, 5.74) is 0. The molecule has 0 aliphatic heterocycles. The van der Waals surface area contributed by atoms with Crippen LogP contribution in [0.4, 0.5) is 4.79 Å². The smallest absolute Gasteiger partial charge is 0.407 e. The molecule has 1 amide bonds. The van der Waals surface area contributed by atoms with Crippen LogP contribution in [-0.4, -0.2) is 30.5 Å². The minimum Gasteiger partial charge on any atom is -0.450 e. The average Bonchev–Trinajstić information content (AvgIpc) is 2.92. The summed E-state index contributed by atoms with van der Waals surface area (Å²) >= 11 is 0. The molecule has 0 aromatic heterocycles. The van der Waals surface area contributed by atoms with Crippen molar-refractivity contribution in [3.63, 3.8) is 0 Å².